The van der Waals surface area contributed by atoms with Crippen LogP contribution in [-0.2, 0) is 9.53 Å². The van der Waals surface area contributed by atoms with Gasteiger partial charge in [0.2, 0.25) is 5.91 Å². The summed E-state index contributed by atoms with van der Waals surface area (Å²) in [4.78, 5) is 31.7. The van der Waals surface area contributed by atoms with Gasteiger partial charge in [0.15, 0.2) is 0 Å². The van der Waals surface area contributed by atoms with Crippen LogP contribution in [0.25, 0.3) is 0 Å². The zero-order chi connectivity index (χ0) is 19.8. The third-order valence-corrected chi connectivity index (χ3v) is 5.71. The largest absolute Gasteiger partial charge is 0.379 e. The molecule has 2 aliphatic rings. The van der Waals surface area contributed by atoms with E-state index in [1.807, 2.05) is 17.0 Å². The lowest BCUT2D eigenvalue weighted by molar-refractivity contribution is -0.132. The van der Waals surface area contributed by atoms with Gasteiger partial charge in [-0.05, 0) is 30.7 Å². The van der Waals surface area contributed by atoms with Gasteiger partial charge in [-0.2, -0.15) is 0 Å². The minimum Gasteiger partial charge on any atom is -0.379 e. The maximum absolute atomic E-state index is 13.1. The molecule has 0 radical (unpaired) electrons. The Bertz CT molecular complexity index is 643. The molecule has 8 heteroatoms. The Kier molecular flexibility index (Phi) is 8.27. The summed E-state index contributed by atoms with van der Waals surface area (Å²) in [5.41, 5.74) is 0.614. The summed E-state index contributed by atoms with van der Waals surface area (Å²) in [6.45, 7) is 8.04. The molecule has 0 unspecified atom stereocenters. The molecule has 154 valence electrons. The summed E-state index contributed by atoms with van der Waals surface area (Å²) < 4.78 is 6.32. The predicted octanol–water partition coefficient (Wildman–Crippen LogP) is 1.05. The molecule has 2 saturated heterocycles. The smallest absolute Gasteiger partial charge is 0.254 e. The van der Waals surface area contributed by atoms with E-state index in [-0.39, 0.29) is 18.4 Å². The fourth-order valence-electron chi connectivity index (χ4n) is 3.51. The Hall–Kier alpha value is -1.48. The molecule has 1 N–H and O–H groups in total. The average Bonchev–Trinajstić information content (AvgIpc) is 2.74. The second-order valence-corrected chi connectivity index (χ2v) is 8.09. The standard InChI is InChI=1S/C20H29BrN4O3/c21-18-4-2-17(3-5-18)20(27)25(9-1-8-23-12-14-28-15-13-23)16-19(26)24-10-6-22-7-11-24/h2-5,22H,1,6-16H2. The van der Waals surface area contributed by atoms with E-state index in [9.17, 15) is 9.59 Å². The maximum Gasteiger partial charge on any atom is 0.254 e. The number of halogens is 1. The lowest BCUT2D eigenvalue weighted by Crippen LogP contribution is -2.50. The average molecular weight is 453 g/mol. The molecule has 1 aromatic rings. The van der Waals surface area contributed by atoms with Crippen molar-refractivity contribution in [2.45, 2.75) is 6.42 Å². The van der Waals surface area contributed by atoms with E-state index in [1.165, 1.54) is 0 Å². The minimum atomic E-state index is -0.0852. The lowest BCUT2D eigenvalue weighted by atomic mass is 10.2. The number of hydrogen-bond acceptors (Lipinski definition) is 5. The van der Waals surface area contributed by atoms with Gasteiger partial charge in [-0.3, -0.25) is 14.5 Å². The normalized spacial score (nSPS) is 18.1. The molecule has 28 heavy (non-hydrogen) atoms. The Balaban J connectivity index is 1.60. The molecule has 2 amide bonds. The Morgan fingerprint density at radius 3 is 2.43 bits per heavy atom. The number of morpholine rings is 1. The van der Waals surface area contributed by atoms with E-state index in [0.29, 0.717) is 25.2 Å². The summed E-state index contributed by atoms with van der Waals surface area (Å²) in [5, 5.41) is 3.25. The van der Waals surface area contributed by atoms with E-state index in [0.717, 1.165) is 56.8 Å². The van der Waals surface area contributed by atoms with Gasteiger partial charge in [0.05, 0.1) is 13.2 Å². The number of piperazine rings is 1. The zero-order valence-corrected chi connectivity index (χ0v) is 17.8. The van der Waals surface area contributed by atoms with Gasteiger partial charge in [-0.15, -0.1) is 0 Å². The van der Waals surface area contributed by atoms with E-state index < -0.39 is 0 Å². The minimum absolute atomic E-state index is 0.0262. The van der Waals surface area contributed by atoms with Crippen molar-refractivity contribution in [1.29, 1.82) is 0 Å². The van der Waals surface area contributed by atoms with Crippen LogP contribution in [0, 0.1) is 0 Å². The van der Waals surface area contributed by atoms with Gasteiger partial charge in [-0.25, -0.2) is 0 Å². The molecular formula is C20H29BrN4O3. The van der Waals surface area contributed by atoms with Crippen molar-refractivity contribution in [2.75, 3.05) is 72.1 Å². The van der Waals surface area contributed by atoms with Gasteiger partial charge < -0.3 is 19.9 Å². The van der Waals surface area contributed by atoms with E-state index in [1.54, 1.807) is 17.0 Å². The first-order valence-corrected chi connectivity index (χ1v) is 10.8. The molecule has 2 aliphatic heterocycles. The first-order valence-electron chi connectivity index (χ1n) is 9.97. The lowest BCUT2D eigenvalue weighted by Gasteiger charge is -2.31. The summed E-state index contributed by atoms with van der Waals surface area (Å²) in [6, 6.07) is 7.32. The van der Waals surface area contributed by atoms with Crippen molar-refractivity contribution in [3.63, 3.8) is 0 Å². The van der Waals surface area contributed by atoms with Crippen LogP contribution in [0.1, 0.15) is 16.8 Å². The number of nitrogens with zero attached hydrogens (tertiary/aromatic N) is 3. The van der Waals surface area contributed by atoms with Crippen LogP contribution in [0.5, 0.6) is 0 Å². The van der Waals surface area contributed by atoms with Gasteiger partial charge >= 0.3 is 0 Å². The fraction of sp³-hybridized carbons (Fsp3) is 0.600. The molecule has 1 aromatic carbocycles. The van der Waals surface area contributed by atoms with Crippen LogP contribution >= 0.6 is 15.9 Å². The first-order chi connectivity index (χ1) is 13.6. The highest BCUT2D eigenvalue weighted by Gasteiger charge is 2.23. The third kappa shape index (κ3) is 6.27. The number of ether oxygens (including phenoxy) is 1. The van der Waals surface area contributed by atoms with Crippen molar-refractivity contribution in [1.82, 2.24) is 20.0 Å². The number of benzene rings is 1. The fourth-order valence-corrected chi connectivity index (χ4v) is 3.78. The first kappa shape index (κ1) is 21.2. The molecular weight excluding hydrogens is 424 g/mol. The summed E-state index contributed by atoms with van der Waals surface area (Å²) in [5.74, 6) is -0.0590. The number of hydrogen-bond donors (Lipinski definition) is 1. The molecule has 2 fully saturated rings. The van der Waals surface area contributed by atoms with Crippen molar-refractivity contribution in [3.8, 4) is 0 Å². The summed E-state index contributed by atoms with van der Waals surface area (Å²) in [6.07, 6.45) is 0.844. The SMILES string of the molecule is O=C(CN(CCCN1CCOCC1)C(=O)c1ccc(Br)cc1)N1CCNCC1. The van der Waals surface area contributed by atoms with Crippen molar-refractivity contribution < 1.29 is 14.3 Å². The molecule has 0 spiro atoms. The molecule has 0 aliphatic carbocycles. The number of rotatable bonds is 7. The van der Waals surface area contributed by atoms with Gasteiger partial charge in [-0.1, -0.05) is 15.9 Å². The Morgan fingerprint density at radius 2 is 1.75 bits per heavy atom. The van der Waals surface area contributed by atoms with Crippen LogP contribution in [0.2, 0.25) is 0 Å². The molecule has 0 saturated carbocycles. The van der Waals surface area contributed by atoms with Gasteiger partial charge in [0.25, 0.3) is 5.91 Å². The number of amides is 2. The van der Waals surface area contributed by atoms with Crippen molar-refractivity contribution in [3.05, 3.63) is 34.3 Å². The number of nitrogens with one attached hydrogen (secondary N) is 1. The monoisotopic (exact) mass is 452 g/mol. The highest BCUT2D eigenvalue weighted by Crippen LogP contribution is 2.13. The molecule has 0 atom stereocenters. The summed E-state index contributed by atoms with van der Waals surface area (Å²) >= 11 is 3.40. The van der Waals surface area contributed by atoms with Crippen molar-refractivity contribution >= 4 is 27.7 Å². The quantitative estimate of drug-likeness (QED) is 0.669. The van der Waals surface area contributed by atoms with Crippen LogP contribution in [-0.4, -0.2) is 98.6 Å². The molecule has 3 rings (SSSR count). The number of carbonyl (C=O) groups is 2. The highest BCUT2D eigenvalue weighted by atomic mass is 79.9. The number of carbonyl (C=O) groups excluding carboxylic acids is 2. The molecule has 0 aromatic heterocycles. The van der Waals surface area contributed by atoms with Crippen LogP contribution in [0.3, 0.4) is 0 Å². The summed E-state index contributed by atoms with van der Waals surface area (Å²) in [7, 11) is 0. The third-order valence-electron chi connectivity index (χ3n) is 5.18. The predicted molar refractivity (Wildman–Crippen MR) is 111 cm³/mol. The molecule has 0 bridgehead atoms. The van der Waals surface area contributed by atoms with Crippen LogP contribution < -0.4 is 5.32 Å². The topological polar surface area (TPSA) is 65.1 Å². The van der Waals surface area contributed by atoms with E-state index in [4.69, 9.17) is 4.74 Å². The Labute approximate surface area is 175 Å². The maximum atomic E-state index is 13.1. The second kappa shape index (κ2) is 10.9. The van der Waals surface area contributed by atoms with Gasteiger partial charge in [0, 0.05) is 62.4 Å². The Morgan fingerprint density at radius 1 is 1.07 bits per heavy atom. The highest BCUT2D eigenvalue weighted by molar-refractivity contribution is 9.10. The van der Waals surface area contributed by atoms with Crippen molar-refractivity contribution in [2.24, 2.45) is 0 Å². The zero-order valence-electron chi connectivity index (χ0n) is 16.2. The van der Waals surface area contributed by atoms with Crippen LogP contribution in [0.15, 0.2) is 28.7 Å². The van der Waals surface area contributed by atoms with Crippen LogP contribution in [0.4, 0.5) is 0 Å². The van der Waals surface area contributed by atoms with E-state index in [2.05, 4.69) is 26.1 Å². The van der Waals surface area contributed by atoms with Gasteiger partial charge in [0.1, 0.15) is 6.54 Å². The molecule has 2 heterocycles. The van der Waals surface area contributed by atoms with E-state index >= 15 is 0 Å². The second-order valence-electron chi connectivity index (χ2n) is 7.17. The molecule has 7 nitrogen and oxygen atoms in total.